The van der Waals surface area contributed by atoms with Gasteiger partial charge in [-0.15, -0.1) is 11.3 Å². The molecular formula is C15H17N5S. The van der Waals surface area contributed by atoms with Crippen LogP contribution >= 0.6 is 11.3 Å². The normalized spacial score (nSPS) is 10.8. The molecule has 1 aromatic carbocycles. The average Bonchev–Trinajstić information content (AvgIpc) is 3.01. The summed E-state index contributed by atoms with van der Waals surface area (Å²) < 4.78 is 0. The summed E-state index contributed by atoms with van der Waals surface area (Å²) in [5.41, 5.74) is 5.14. The van der Waals surface area contributed by atoms with Crippen molar-refractivity contribution in [2.75, 3.05) is 10.7 Å². The lowest BCUT2D eigenvalue weighted by Gasteiger charge is -2.11. The predicted molar refractivity (Wildman–Crippen MR) is 88.4 cm³/mol. The van der Waals surface area contributed by atoms with E-state index in [0.717, 1.165) is 29.0 Å². The number of nitrogens with one attached hydrogen (secondary N) is 2. The number of benzene rings is 1. The monoisotopic (exact) mass is 299 g/mol. The predicted octanol–water partition coefficient (Wildman–Crippen LogP) is 3.15. The van der Waals surface area contributed by atoms with E-state index in [1.165, 1.54) is 11.1 Å². The molecule has 0 atom stereocenters. The first-order valence-corrected chi connectivity index (χ1v) is 7.72. The number of nitrogens with two attached hydrogens (primary N) is 1. The van der Waals surface area contributed by atoms with Gasteiger partial charge < -0.3 is 5.32 Å². The molecule has 6 heteroatoms. The molecule has 3 aromatic rings. The number of hydrogen-bond acceptors (Lipinski definition) is 6. The maximum atomic E-state index is 5.43. The van der Waals surface area contributed by atoms with Crippen LogP contribution in [-0.4, -0.2) is 9.97 Å². The fraction of sp³-hybridized carbons (Fsp3) is 0.200. The van der Waals surface area contributed by atoms with Crippen molar-refractivity contribution < 1.29 is 0 Å². The minimum atomic E-state index is 0.427. The molecule has 0 saturated carbocycles. The molecule has 0 aliphatic carbocycles. The van der Waals surface area contributed by atoms with Crippen molar-refractivity contribution in [2.45, 2.75) is 19.9 Å². The second kappa shape index (κ2) is 6.07. The summed E-state index contributed by atoms with van der Waals surface area (Å²) in [6.07, 6.45) is 1.02. The Kier molecular flexibility index (Phi) is 3.98. The molecule has 0 bridgehead atoms. The first-order valence-electron chi connectivity index (χ1n) is 6.84. The third kappa shape index (κ3) is 2.81. The standard InChI is InChI=1S/C15H17N5S/c1-2-10-5-3-4-6-11(10)9-17-13-12-7-8-21-14(12)19-15(18-13)20-16/h3-8H,2,9,16H2,1H3,(H2,17,18,19,20). The van der Waals surface area contributed by atoms with Gasteiger partial charge in [0.15, 0.2) is 0 Å². The van der Waals surface area contributed by atoms with Crippen LogP contribution in [0, 0.1) is 0 Å². The van der Waals surface area contributed by atoms with Crippen LogP contribution < -0.4 is 16.6 Å². The fourth-order valence-corrected chi connectivity index (χ4v) is 3.07. The smallest absolute Gasteiger partial charge is 0.240 e. The summed E-state index contributed by atoms with van der Waals surface area (Å²) in [6.45, 7) is 2.90. The van der Waals surface area contributed by atoms with Gasteiger partial charge in [-0.25, -0.2) is 10.8 Å². The SMILES string of the molecule is CCc1ccccc1CNc1nc(NN)nc2sccc12. The first-order chi connectivity index (χ1) is 10.3. The van der Waals surface area contributed by atoms with E-state index >= 15 is 0 Å². The van der Waals surface area contributed by atoms with Gasteiger partial charge in [0.1, 0.15) is 10.6 Å². The van der Waals surface area contributed by atoms with Crippen molar-refractivity contribution >= 4 is 33.3 Å². The topological polar surface area (TPSA) is 75.9 Å². The zero-order valence-electron chi connectivity index (χ0n) is 11.8. The van der Waals surface area contributed by atoms with E-state index in [1.54, 1.807) is 11.3 Å². The summed E-state index contributed by atoms with van der Waals surface area (Å²) in [4.78, 5) is 9.67. The molecule has 5 nitrogen and oxygen atoms in total. The van der Waals surface area contributed by atoms with Gasteiger partial charge in [0, 0.05) is 6.54 Å². The number of aromatic nitrogens is 2. The molecule has 3 rings (SSSR count). The van der Waals surface area contributed by atoms with Crippen LogP contribution in [0.15, 0.2) is 35.7 Å². The van der Waals surface area contributed by atoms with E-state index in [0.29, 0.717) is 5.95 Å². The van der Waals surface area contributed by atoms with Crippen LogP contribution in [0.25, 0.3) is 10.2 Å². The van der Waals surface area contributed by atoms with Crippen molar-refractivity contribution in [3.63, 3.8) is 0 Å². The lowest BCUT2D eigenvalue weighted by molar-refractivity contribution is 1.03. The highest BCUT2D eigenvalue weighted by molar-refractivity contribution is 7.16. The Morgan fingerprint density at radius 3 is 2.71 bits per heavy atom. The lowest BCUT2D eigenvalue weighted by atomic mass is 10.1. The number of anilines is 2. The summed E-state index contributed by atoms with van der Waals surface area (Å²) in [6, 6.07) is 10.4. The van der Waals surface area contributed by atoms with Gasteiger partial charge in [-0.1, -0.05) is 31.2 Å². The third-order valence-corrected chi connectivity index (χ3v) is 4.21. The van der Waals surface area contributed by atoms with Gasteiger partial charge in [-0.3, -0.25) is 5.43 Å². The molecule has 0 unspecified atom stereocenters. The Balaban J connectivity index is 1.89. The van der Waals surface area contributed by atoms with Crippen LogP contribution in [-0.2, 0) is 13.0 Å². The van der Waals surface area contributed by atoms with Crippen molar-refractivity contribution in [3.05, 3.63) is 46.8 Å². The molecule has 0 spiro atoms. The number of fused-ring (bicyclic) bond motifs is 1. The van der Waals surface area contributed by atoms with E-state index in [4.69, 9.17) is 5.84 Å². The summed E-state index contributed by atoms with van der Waals surface area (Å²) >= 11 is 1.57. The molecule has 2 heterocycles. The number of nitrogen functional groups attached to an aromatic ring is 1. The molecule has 108 valence electrons. The van der Waals surface area contributed by atoms with Crippen molar-refractivity contribution in [2.24, 2.45) is 5.84 Å². The Bertz CT molecular complexity index is 753. The molecule has 0 amide bonds. The minimum absolute atomic E-state index is 0.427. The van der Waals surface area contributed by atoms with Gasteiger partial charge in [0.25, 0.3) is 0 Å². The second-order valence-electron chi connectivity index (χ2n) is 4.66. The van der Waals surface area contributed by atoms with Crippen molar-refractivity contribution in [3.8, 4) is 0 Å². The van der Waals surface area contributed by atoms with E-state index < -0.39 is 0 Å². The zero-order chi connectivity index (χ0) is 14.7. The van der Waals surface area contributed by atoms with Crippen molar-refractivity contribution in [1.29, 1.82) is 0 Å². The number of hydrazine groups is 1. The van der Waals surface area contributed by atoms with Gasteiger partial charge >= 0.3 is 0 Å². The molecule has 2 aromatic heterocycles. The second-order valence-corrected chi connectivity index (χ2v) is 5.55. The summed E-state index contributed by atoms with van der Waals surface area (Å²) in [5, 5.41) is 6.43. The average molecular weight is 299 g/mol. The molecule has 0 radical (unpaired) electrons. The molecule has 21 heavy (non-hydrogen) atoms. The summed E-state index contributed by atoms with van der Waals surface area (Å²) in [5.74, 6) is 6.67. The van der Waals surface area contributed by atoms with Crippen LogP contribution in [0.2, 0.25) is 0 Å². The Morgan fingerprint density at radius 2 is 1.95 bits per heavy atom. The number of thiophene rings is 1. The Hall–Kier alpha value is -2.18. The fourth-order valence-electron chi connectivity index (χ4n) is 2.31. The number of hydrogen-bond donors (Lipinski definition) is 3. The molecule has 0 saturated heterocycles. The molecule has 0 fully saturated rings. The highest BCUT2D eigenvalue weighted by atomic mass is 32.1. The van der Waals surface area contributed by atoms with Gasteiger partial charge in [0.05, 0.1) is 5.39 Å². The maximum absolute atomic E-state index is 5.43. The highest BCUT2D eigenvalue weighted by Gasteiger charge is 2.08. The van der Waals surface area contributed by atoms with Crippen LogP contribution in [0.4, 0.5) is 11.8 Å². The molecule has 0 aliphatic heterocycles. The van der Waals surface area contributed by atoms with E-state index in [2.05, 4.69) is 51.9 Å². The van der Waals surface area contributed by atoms with E-state index in [-0.39, 0.29) is 0 Å². The van der Waals surface area contributed by atoms with Gasteiger partial charge in [-0.2, -0.15) is 4.98 Å². The Labute approximate surface area is 127 Å². The molecule has 4 N–H and O–H groups in total. The van der Waals surface area contributed by atoms with Crippen LogP contribution in [0.5, 0.6) is 0 Å². The third-order valence-electron chi connectivity index (χ3n) is 3.40. The number of nitrogens with zero attached hydrogens (tertiary/aromatic N) is 2. The van der Waals surface area contributed by atoms with Crippen LogP contribution in [0.3, 0.4) is 0 Å². The van der Waals surface area contributed by atoms with Gasteiger partial charge in [-0.05, 0) is 29.0 Å². The minimum Gasteiger partial charge on any atom is -0.365 e. The van der Waals surface area contributed by atoms with E-state index in [1.807, 2.05) is 11.4 Å². The largest absolute Gasteiger partial charge is 0.365 e. The Morgan fingerprint density at radius 1 is 1.14 bits per heavy atom. The quantitative estimate of drug-likeness (QED) is 0.498. The maximum Gasteiger partial charge on any atom is 0.240 e. The highest BCUT2D eigenvalue weighted by Crippen LogP contribution is 2.26. The first kappa shape index (κ1) is 13.8. The number of aryl methyl sites for hydroxylation is 1. The van der Waals surface area contributed by atoms with Crippen molar-refractivity contribution in [1.82, 2.24) is 9.97 Å². The molecular weight excluding hydrogens is 282 g/mol. The molecule has 0 aliphatic rings. The zero-order valence-corrected chi connectivity index (χ0v) is 12.6. The van der Waals surface area contributed by atoms with Gasteiger partial charge in [0.2, 0.25) is 5.95 Å². The number of rotatable bonds is 5. The summed E-state index contributed by atoms with van der Waals surface area (Å²) in [7, 11) is 0. The van der Waals surface area contributed by atoms with E-state index in [9.17, 15) is 0 Å². The lowest BCUT2D eigenvalue weighted by Crippen LogP contribution is -2.12. The van der Waals surface area contributed by atoms with Crippen LogP contribution in [0.1, 0.15) is 18.1 Å².